The third kappa shape index (κ3) is 4.03. The highest BCUT2D eigenvalue weighted by atomic mass is 32.1. The summed E-state index contributed by atoms with van der Waals surface area (Å²) in [4.78, 5) is 15.0. The number of thiocarbonyl (C=S) groups is 1. The molecule has 1 fully saturated rings. The van der Waals surface area contributed by atoms with Crippen LogP contribution in [0.25, 0.3) is 0 Å². The van der Waals surface area contributed by atoms with Gasteiger partial charge in [0.25, 0.3) is 0 Å². The van der Waals surface area contributed by atoms with Crippen LogP contribution < -0.4 is 5.46 Å². The number of aromatic carboxylic acids is 1. The minimum Gasteiger partial charge on any atom is -0.478 e. The van der Waals surface area contributed by atoms with Crippen molar-refractivity contribution in [2.75, 3.05) is 0 Å². The number of aliphatic imine (C=N–C) groups is 1. The van der Waals surface area contributed by atoms with Crippen LogP contribution in [0.15, 0.2) is 33.5 Å². The summed E-state index contributed by atoms with van der Waals surface area (Å²) < 4.78 is 0. The Morgan fingerprint density at radius 1 is 1.30 bits per heavy atom. The quantitative estimate of drug-likeness (QED) is 0.257. The first-order chi connectivity index (χ1) is 11.1. The van der Waals surface area contributed by atoms with E-state index in [2.05, 4.69) is 32.7 Å². The normalized spacial score (nSPS) is 21.0. The van der Waals surface area contributed by atoms with Gasteiger partial charge in [0.1, 0.15) is 5.71 Å². The van der Waals surface area contributed by atoms with E-state index in [4.69, 9.17) is 15.5 Å². The van der Waals surface area contributed by atoms with Crippen LogP contribution in [-0.2, 0) is 0 Å². The van der Waals surface area contributed by atoms with Crippen LogP contribution in [0.2, 0.25) is 5.82 Å². The second-order valence-corrected chi connectivity index (χ2v) is 5.20. The van der Waals surface area contributed by atoms with Crippen LogP contribution >= 0.6 is 12.2 Å². The average molecular weight is 330 g/mol. The lowest BCUT2D eigenvalue weighted by Gasteiger charge is -2.23. The number of carboxylic acids is 1. The predicted octanol–water partition coefficient (Wildman–Crippen LogP) is 2.08. The molecule has 117 valence electrons. The van der Waals surface area contributed by atoms with E-state index in [9.17, 15) is 4.79 Å². The Bertz CT molecular complexity index is 708. The number of oxime groups is 2. The van der Waals surface area contributed by atoms with Gasteiger partial charge in [0.05, 0.1) is 22.1 Å². The van der Waals surface area contributed by atoms with E-state index in [-0.39, 0.29) is 17.1 Å². The van der Waals surface area contributed by atoms with E-state index in [1.807, 2.05) is 0 Å². The van der Waals surface area contributed by atoms with Crippen LogP contribution in [0.3, 0.4) is 0 Å². The lowest BCUT2D eigenvalue weighted by atomic mass is 9.53. The van der Waals surface area contributed by atoms with Crippen LogP contribution in [0.5, 0.6) is 0 Å². The number of benzene rings is 1. The molecular formula is C14H13BN3O4S. The first-order valence-corrected chi connectivity index (χ1v) is 7.24. The summed E-state index contributed by atoms with van der Waals surface area (Å²) in [6, 6.07) is 4.54. The summed E-state index contributed by atoms with van der Waals surface area (Å²) in [5.74, 6) is -1.37. The fourth-order valence-corrected chi connectivity index (χ4v) is 2.67. The molecule has 2 rings (SSSR count). The van der Waals surface area contributed by atoms with Gasteiger partial charge < -0.3 is 15.5 Å². The number of carbonyl (C=O) groups is 1. The Hall–Kier alpha value is -2.51. The standard InChI is InChI=1S/C14H13BN3O4S/c19-14(20)8-4-9(6-10(5-8)16-7-23)15-11-2-1-3-12(17-21)13(11)18-22/h4-6,11,21-22H,1-3H2,(H,19,20). The molecule has 0 aliphatic heterocycles. The molecule has 0 amide bonds. The van der Waals surface area contributed by atoms with E-state index in [0.717, 1.165) is 6.42 Å². The Kier molecular flexibility index (Phi) is 5.62. The van der Waals surface area contributed by atoms with Gasteiger partial charge in [-0.3, -0.25) is 0 Å². The van der Waals surface area contributed by atoms with Crippen LogP contribution in [0, 0.1) is 0 Å². The Morgan fingerprint density at radius 3 is 2.70 bits per heavy atom. The first-order valence-electron chi connectivity index (χ1n) is 6.83. The van der Waals surface area contributed by atoms with Crippen molar-refractivity contribution in [1.29, 1.82) is 0 Å². The molecule has 1 unspecified atom stereocenters. The summed E-state index contributed by atoms with van der Waals surface area (Å²) in [5, 5.41) is 35.9. The summed E-state index contributed by atoms with van der Waals surface area (Å²) in [5.41, 5.74) is 1.64. The number of isothiocyanates is 1. The van der Waals surface area contributed by atoms with Crippen LogP contribution in [-0.4, -0.2) is 45.4 Å². The van der Waals surface area contributed by atoms with Crippen molar-refractivity contribution in [2.45, 2.75) is 25.1 Å². The summed E-state index contributed by atoms with van der Waals surface area (Å²) in [7, 11) is 1.76. The smallest absolute Gasteiger partial charge is 0.335 e. The molecule has 9 heteroatoms. The van der Waals surface area contributed by atoms with E-state index >= 15 is 0 Å². The fourth-order valence-electron chi connectivity index (χ4n) is 2.57. The maximum atomic E-state index is 11.2. The van der Waals surface area contributed by atoms with Crippen molar-refractivity contribution >= 4 is 53.2 Å². The Balaban J connectivity index is 2.34. The van der Waals surface area contributed by atoms with Gasteiger partial charge in [0.2, 0.25) is 0 Å². The minimum atomic E-state index is -1.08. The molecular weight excluding hydrogens is 317 g/mol. The van der Waals surface area contributed by atoms with E-state index in [1.54, 1.807) is 13.3 Å². The molecule has 1 saturated carbocycles. The predicted molar refractivity (Wildman–Crippen MR) is 89.5 cm³/mol. The zero-order chi connectivity index (χ0) is 16.8. The summed E-state index contributed by atoms with van der Waals surface area (Å²) in [6.07, 6.45) is 1.99. The van der Waals surface area contributed by atoms with Gasteiger partial charge >= 0.3 is 5.97 Å². The van der Waals surface area contributed by atoms with Crippen LogP contribution in [0.4, 0.5) is 5.69 Å². The molecule has 7 nitrogen and oxygen atoms in total. The zero-order valence-electron chi connectivity index (χ0n) is 12.0. The zero-order valence-corrected chi connectivity index (χ0v) is 12.8. The second-order valence-electron chi connectivity index (χ2n) is 5.02. The third-order valence-corrected chi connectivity index (χ3v) is 3.65. The van der Waals surface area contributed by atoms with E-state index < -0.39 is 5.97 Å². The third-order valence-electron chi connectivity index (χ3n) is 3.56. The monoisotopic (exact) mass is 330 g/mol. The first kappa shape index (κ1) is 16.9. The Labute approximate surface area is 138 Å². The van der Waals surface area contributed by atoms with Gasteiger partial charge in [0, 0.05) is 0 Å². The molecule has 0 bridgehead atoms. The van der Waals surface area contributed by atoms with Gasteiger partial charge in [-0.25, -0.2) is 4.79 Å². The van der Waals surface area contributed by atoms with Crippen molar-refractivity contribution in [1.82, 2.24) is 0 Å². The van der Waals surface area contributed by atoms with Crippen molar-refractivity contribution in [3.63, 3.8) is 0 Å². The van der Waals surface area contributed by atoms with Gasteiger partial charge in [-0.1, -0.05) is 28.3 Å². The molecule has 0 heterocycles. The number of hydrogen-bond donors (Lipinski definition) is 3. The molecule has 1 atom stereocenters. The topological polar surface area (TPSA) is 115 Å². The number of carboxylic acid groups (broad SMARTS) is 1. The van der Waals surface area contributed by atoms with Crippen LogP contribution in [0.1, 0.15) is 29.6 Å². The minimum absolute atomic E-state index is 0.0668. The lowest BCUT2D eigenvalue weighted by molar-refractivity contribution is 0.0697. The molecule has 1 radical (unpaired) electrons. The van der Waals surface area contributed by atoms with Gasteiger partial charge in [-0.15, -0.1) is 0 Å². The average Bonchev–Trinajstić information content (AvgIpc) is 2.54. The lowest BCUT2D eigenvalue weighted by Crippen LogP contribution is -2.33. The summed E-state index contributed by atoms with van der Waals surface area (Å²) in [6.45, 7) is 0. The molecule has 1 aromatic rings. The molecule has 23 heavy (non-hydrogen) atoms. The number of nitrogens with zero attached hydrogens (tertiary/aromatic N) is 3. The maximum absolute atomic E-state index is 11.2. The molecule has 1 aliphatic rings. The number of rotatable bonds is 4. The second kappa shape index (κ2) is 7.67. The van der Waals surface area contributed by atoms with Gasteiger partial charge in [-0.05, 0) is 43.0 Å². The fraction of sp³-hybridized carbons (Fsp3) is 0.286. The molecule has 0 saturated heterocycles. The van der Waals surface area contributed by atoms with Crippen molar-refractivity contribution in [3.8, 4) is 0 Å². The maximum Gasteiger partial charge on any atom is 0.335 e. The highest BCUT2D eigenvalue weighted by Crippen LogP contribution is 2.25. The summed E-state index contributed by atoms with van der Waals surface area (Å²) >= 11 is 4.55. The molecule has 1 aliphatic carbocycles. The highest BCUT2D eigenvalue weighted by Gasteiger charge is 2.28. The van der Waals surface area contributed by atoms with E-state index in [1.165, 1.54) is 12.1 Å². The number of hydrogen-bond acceptors (Lipinski definition) is 7. The molecule has 0 aromatic heterocycles. The van der Waals surface area contributed by atoms with Gasteiger partial charge in [0.15, 0.2) is 7.28 Å². The van der Waals surface area contributed by atoms with E-state index in [0.29, 0.717) is 29.7 Å². The van der Waals surface area contributed by atoms with Crippen molar-refractivity contribution in [3.05, 3.63) is 23.8 Å². The SMILES string of the molecule is O=C(O)c1cc([B]C2CCCC(=NO)C2=NO)cc(N=C=S)c1. The molecule has 0 spiro atoms. The van der Waals surface area contributed by atoms with Gasteiger partial charge in [-0.2, -0.15) is 4.99 Å². The molecule has 3 N–H and O–H groups in total. The van der Waals surface area contributed by atoms with Crippen molar-refractivity contribution < 1.29 is 20.3 Å². The Morgan fingerprint density at radius 2 is 2.09 bits per heavy atom. The largest absolute Gasteiger partial charge is 0.478 e. The van der Waals surface area contributed by atoms with Crippen molar-refractivity contribution in [2.24, 2.45) is 15.3 Å². The highest BCUT2D eigenvalue weighted by molar-refractivity contribution is 7.78. The molecule has 1 aromatic carbocycles.